The van der Waals surface area contributed by atoms with Crippen molar-refractivity contribution in [3.63, 3.8) is 0 Å². The van der Waals surface area contributed by atoms with Crippen molar-refractivity contribution in [1.29, 1.82) is 0 Å². The van der Waals surface area contributed by atoms with E-state index in [0.29, 0.717) is 11.3 Å². The molecule has 2 rings (SSSR count). The Bertz CT molecular complexity index is 911. The number of hydrogen-bond acceptors (Lipinski definition) is 4. The average molecular weight is 454 g/mol. The van der Waals surface area contributed by atoms with E-state index in [9.17, 15) is 13.2 Å². The van der Waals surface area contributed by atoms with Gasteiger partial charge in [0, 0.05) is 22.3 Å². The number of nitrogens with one attached hydrogen (secondary N) is 3. The third-order valence-corrected chi connectivity index (χ3v) is 5.35. The number of benzene rings is 2. The molecule has 6 nitrogen and oxygen atoms in total. The van der Waals surface area contributed by atoms with Crippen molar-refractivity contribution in [2.24, 2.45) is 0 Å². The number of hydrogen-bond donors (Lipinski definition) is 3. The molecule has 0 unspecified atom stereocenters. The molecule has 0 radical (unpaired) electrons. The zero-order chi connectivity index (χ0) is 19.2. The molecule has 0 bridgehead atoms. The van der Waals surface area contributed by atoms with Crippen LogP contribution in [0.5, 0.6) is 0 Å². The molecule has 0 aliphatic rings. The van der Waals surface area contributed by atoms with Gasteiger partial charge in [0.15, 0.2) is 5.11 Å². The Balaban J connectivity index is 1.98. The van der Waals surface area contributed by atoms with Crippen LogP contribution >= 0.6 is 28.1 Å². The maximum absolute atomic E-state index is 12.1. The minimum absolute atomic E-state index is 0.110. The molecule has 3 N–H and O–H groups in total. The lowest BCUT2D eigenvalue weighted by molar-refractivity contribution is 0.0977. The van der Waals surface area contributed by atoms with Gasteiger partial charge in [-0.3, -0.25) is 10.1 Å². The first-order valence-corrected chi connectivity index (χ1v) is 10.1. The Labute approximate surface area is 165 Å². The number of rotatable bonds is 6. The van der Waals surface area contributed by atoms with Crippen molar-refractivity contribution in [3.8, 4) is 0 Å². The fraction of sp³-hybridized carbons (Fsp3) is 0.0588. The van der Waals surface area contributed by atoms with E-state index < -0.39 is 10.0 Å². The van der Waals surface area contributed by atoms with Gasteiger partial charge in [0.25, 0.3) is 5.91 Å². The van der Waals surface area contributed by atoms with Crippen LogP contribution in [0.1, 0.15) is 10.4 Å². The van der Waals surface area contributed by atoms with Crippen molar-refractivity contribution >= 4 is 54.9 Å². The van der Waals surface area contributed by atoms with Crippen LogP contribution < -0.4 is 15.4 Å². The Morgan fingerprint density at radius 1 is 1.12 bits per heavy atom. The lowest BCUT2D eigenvalue weighted by atomic mass is 10.2. The Kier molecular flexibility index (Phi) is 7.04. The zero-order valence-electron chi connectivity index (χ0n) is 13.5. The normalized spacial score (nSPS) is 10.8. The lowest BCUT2D eigenvalue weighted by Crippen LogP contribution is -2.34. The van der Waals surface area contributed by atoms with Crippen LogP contribution in [0, 0.1) is 0 Å². The predicted octanol–water partition coefficient (Wildman–Crippen LogP) is 3.04. The van der Waals surface area contributed by atoms with Gasteiger partial charge >= 0.3 is 0 Å². The van der Waals surface area contributed by atoms with E-state index in [1.54, 1.807) is 36.4 Å². The molecular weight excluding hydrogens is 438 g/mol. The minimum atomic E-state index is -3.58. The van der Waals surface area contributed by atoms with Crippen molar-refractivity contribution in [2.75, 3.05) is 11.9 Å². The summed E-state index contributed by atoms with van der Waals surface area (Å²) in [4.78, 5) is 12.2. The first kappa shape index (κ1) is 20.2. The summed E-state index contributed by atoms with van der Waals surface area (Å²) in [6.07, 6.45) is 1.46. The molecule has 136 valence electrons. The van der Waals surface area contributed by atoms with Crippen LogP contribution in [-0.2, 0) is 10.0 Å². The molecule has 0 spiro atoms. The van der Waals surface area contributed by atoms with Crippen LogP contribution in [0.15, 0.2) is 70.6 Å². The first-order valence-electron chi connectivity index (χ1n) is 7.40. The highest BCUT2D eigenvalue weighted by molar-refractivity contribution is 9.10. The highest BCUT2D eigenvalue weighted by atomic mass is 79.9. The molecule has 0 aliphatic carbocycles. The van der Waals surface area contributed by atoms with Crippen molar-refractivity contribution in [1.82, 2.24) is 10.0 Å². The number of thiocarbonyl (C=S) groups is 1. The number of anilines is 1. The number of amides is 1. The Morgan fingerprint density at radius 2 is 1.73 bits per heavy atom. The number of sulfonamides is 1. The summed E-state index contributed by atoms with van der Waals surface area (Å²) in [7, 11) is -3.58. The number of carbonyl (C=O) groups excluding carboxylic acids is 1. The molecule has 0 saturated carbocycles. The summed E-state index contributed by atoms with van der Waals surface area (Å²) in [5.74, 6) is -0.345. The first-order chi connectivity index (χ1) is 12.3. The fourth-order valence-corrected chi connectivity index (χ4v) is 3.38. The van der Waals surface area contributed by atoms with E-state index >= 15 is 0 Å². The molecule has 0 saturated heterocycles. The molecule has 0 atom stereocenters. The van der Waals surface area contributed by atoms with E-state index in [1.807, 2.05) is 0 Å². The smallest absolute Gasteiger partial charge is 0.257 e. The molecule has 26 heavy (non-hydrogen) atoms. The Hall–Kier alpha value is -2.07. The van der Waals surface area contributed by atoms with Gasteiger partial charge in [0.2, 0.25) is 10.0 Å². The summed E-state index contributed by atoms with van der Waals surface area (Å²) in [6.45, 7) is 3.61. The largest absolute Gasteiger partial charge is 0.332 e. The molecule has 0 fully saturated rings. The molecule has 2 aromatic rings. The van der Waals surface area contributed by atoms with Crippen LogP contribution in [0.3, 0.4) is 0 Å². The van der Waals surface area contributed by atoms with Crippen molar-refractivity contribution < 1.29 is 13.2 Å². The van der Waals surface area contributed by atoms with Gasteiger partial charge in [-0.15, -0.1) is 6.58 Å². The minimum Gasteiger partial charge on any atom is -0.332 e. The van der Waals surface area contributed by atoms with Gasteiger partial charge in [-0.25, -0.2) is 13.1 Å². The van der Waals surface area contributed by atoms with Crippen LogP contribution in [0.25, 0.3) is 0 Å². The summed E-state index contributed by atoms with van der Waals surface area (Å²) < 4.78 is 27.2. The molecule has 2 aromatic carbocycles. The third kappa shape index (κ3) is 5.73. The molecule has 9 heteroatoms. The van der Waals surface area contributed by atoms with Gasteiger partial charge in [-0.1, -0.05) is 22.0 Å². The maximum atomic E-state index is 12.1. The Morgan fingerprint density at radius 3 is 2.31 bits per heavy atom. The van der Waals surface area contributed by atoms with Gasteiger partial charge in [-0.2, -0.15) is 0 Å². The van der Waals surface area contributed by atoms with Gasteiger partial charge in [-0.05, 0) is 60.7 Å². The second-order valence-corrected chi connectivity index (χ2v) is 8.17. The van der Waals surface area contributed by atoms with Crippen LogP contribution in [0.2, 0.25) is 0 Å². The molecule has 0 heterocycles. The highest BCUT2D eigenvalue weighted by Gasteiger charge is 2.13. The number of halogens is 1. The van der Waals surface area contributed by atoms with Crippen molar-refractivity contribution in [2.45, 2.75) is 4.90 Å². The topological polar surface area (TPSA) is 87.3 Å². The zero-order valence-corrected chi connectivity index (χ0v) is 16.7. The SMILES string of the molecule is C=CCNS(=O)(=O)c1ccc(NC(=S)NC(=O)c2ccc(Br)cc2)cc1. The third-order valence-electron chi connectivity index (χ3n) is 3.17. The quantitative estimate of drug-likeness (QED) is 0.462. The van der Waals surface area contributed by atoms with Crippen LogP contribution in [-0.4, -0.2) is 26.0 Å². The maximum Gasteiger partial charge on any atom is 0.257 e. The average Bonchev–Trinajstić information content (AvgIpc) is 2.61. The van der Waals surface area contributed by atoms with Crippen LogP contribution in [0.4, 0.5) is 5.69 Å². The number of carbonyl (C=O) groups is 1. The van der Waals surface area contributed by atoms with E-state index in [1.165, 1.54) is 18.2 Å². The summed E-state index contributed by atoms with van der Waals surface area (Å²) in [6, 6.07) is 12.8. The molecule has 0 aromatic heterocycles. The monoisotopic (exact) mass is 453 g/mol. The molecular formula is C17H16BrN3O3S2. The van der Waals surface area contributed by atoms with Crippen molar-refractivity contribution in [3.05, 3.63) is 71.2 Å². The summed E-state index contributed by atoms with van der Waals surface area (Å²) in [5.41, 5.74) is 1.01. The van der Waals surface area contributed by atoms with E-state index in [2.05, 4.69) is 37.9 Å². The predicted molar refractivity (Wildman–Crippen MR) is 110 cm³/mol. The molecule has 1 amide bonds. The second-order valence-electron chi connectivity index (χ2n) is 5.08. The lowest BCUT2D eigenvalue weighted by Gasteiger charge is -2.10. The van der Waals surface area contributed by atoms with E-state index in [4.69, 9.17) is 12.2 Å². The van der Waals surface area contributed by atoms with Gasteiger partial charge in [0.05, 0.1) is 4.90 Å². The van der Waals surface area contributed by atoms with Gasteiger partial charge < -0.3 is 5.32 Å². The molecule has 0 aliphatic heterocycles. The highest BCUT2D eigenvalue weighted by Crippen LogP contribution is 2.14. The standard InChI is InChI=1S/C17H16BrN3O3S2/c1-2-11-19-26(23,24)15-9-7-14(8-10-15)20-17(25)21-16(22)12-3-5-13(18)6-4-12/h2-10,19H,1,11H2,(H2,20,21,22,25). The fourth-order valence-electron chi connectivity index (χ4n) is 1.91. The summed E-state index contributed by atoms with van der Waals surface area (Å²) >= 11 is 8.41. The van der Waals surface area contributed by atoms with Gasteiger partial charge in [0.1, 0.15) is 0 Å². The summed E-state index contributed by atoms with van der Waals surface area (Å²) in [5, 5.41) is 5.51. The van der Waals surface area contributed by atoms with E-state index in [0.717, 1.165) is 4.47 Å². The van der Waals surface area contributed by atoms with E-state index in [-0.39, 0.29) is 22.5 Å². The second kappa shape index (κ2) is 9.04.